The van der Waals surface area contributed by atoms with E-state index in [1.165, 1.54) is 0 Å². The number of hydroxylamine groups is 1. The molecule has 0 aromatic heterocycles. The lowest BCUT2D eigenvalue weighted by atomic mass is 9.88. The monoisotopic (exact) mass is 249 g/mol. The number of carbonyl (C=O) groups is 2. The van der Waals surface area contributed by atoms with Crippen molar-refractivity contribution in [2.45, 2.75) is 19.9 Å². The minimum atomic E-state index is -0.634. The molecule has 96 valence electrons. The van der Waals surface area contributed by atoms with Crippen LogP contribution in [0.15, 0.2) is 30.3 Å². The number of esters is 1. The van der Waals surface area contributed by atoms with Gasteiger partial charge in [-0.3, -0.25) is 4.79 Å². The fourth-order valence-electron chi connectivity index (χ4n) is 1.70. The highest BCUT2D eigenvalue weighted by Crippen LogP contribution is 2.28. The Kier molecular flexibility index (Phi) is 3.34. The van der Waals surface area contributed by atoms with E-state index in [0.29, 0.717) is 12.2 Å². The molecule has 1 heterocycles. The van der Waals surface area contributed by atoms with Crippen LogP contribution in [0, 0.1) is 5.41 Å². The van der Waals surface area contributed by atoms with Crippen molar-refractivity contribution in [2.75, 3.05) is 6.61 Å². The van der Waals surface area contributed by atoms with Gasteiger partial charge in [-0.25, -0.2) is 4.79 Å². The molecule has 1 aromatic rings. The summed E-state index contributed by atoms with van der Waals surface area (Å²) in [6.07, 6.45) is 0. The molecule has 1 fully saturated rings. The van der Waals surface area contributed by atoms with Crippen molar-refractivity contribution < 1.29 is 19.2 Å². The zero-order valence-corrected chi connectivity index (χ0v) is 10.3. The molecule has 0 radical (unpaired) electrons. The molecular weight excluding hydrogens is 234 g/mol. The van der Waals surface area contributed by atoms with Crippen LogP contribution in [0.25, 0.3) is 0 Å². The minimum Gasteiger partial charge on any atom is -0.464 e. The fourth-order valence-corrected chi connectivity index (χ4v) is 1.70. The van der Waals surface area contributed by atoms with E-state index in [1.54, 1.807) is 24.3 Å². The van der Waals surface area contributed by atoms with Gasteiger partial charge in [0, 0.05) is 5.41 Å². The summed E-state index contributed by atoms with van der Waals surface area (Å²) in [4.78, 5) is 28.1. The van der Waals surface area contributed by atoms with Gasteiger partial charge in [0.15, 0.2) is 0 Å². The maximum absolute atomic E-state index is 11.7. The molecule has 0 aliphatic carbocycles. The van der Waals surface area contributed by atoms with Crippen LogP contribution in [0.5, 0.6) is 0 Å². The molecule has 0 amide bonds. The summed E-state index contributed by atoms with van der Waals surface area (Å²) < 4.78 is 4.93. The van der Waals surface area contributed by atoms with E-state index in [4.69, 9.17) is 9.57 Å². The summed E-state index contributed by atoms with van der Waals surface area (Å²) in [6.45, 7) is 4.05. The molecule has 5 heteroatoms. The molecule has 5 nitrogen and oxygen atoms in total. The Hall–Kier alpha value is -1.88. The normalized spacial score (nSPS) is 21.4. The molecule has 0 spiro atoms. The quantitative estimate of drug-likeness (QED) is 0.646. The van der Waals surface area contributed by atoms with Crippen molar-refractivity contribution in [1.29, 1.82) is 0 Å². The first-order chi connectivity index (χ1) is 8.50. The van der Waals surface area contributed by atoms with Crippen molar-refractivity contribution in [3.05, 3.63) is 35.9 Å². The summed E-state index contributed by atoms with van der Waals surface area (Å²) in [5, 5.41) is 0. The van der Waals surface area contributed by atoms with Crippen LogP contribution in [0.3, 0.4) is 0 Å². The van der Waals surface area contributed by atoms with Crippen molar-refractivity contribution in [3.8, 4) is 0 Å². The average Bonchev–Trinajstić information content (AvgIpc) is 2.62. The Balaban J connectivity index is 1.96. The third-order valence-electron chi connectivity index (χ3n) is 2.88. The molecule has 1 aliphatic heterocycles. The second-order valence-corrected chi connectivity index (χ2v) is 4.90. The van der Waals surface area contributed by atoms with Crippen LogP contribution in [0.2, 0.25) is 0 Å². The molecule has 1 aromatic carbocycles. The van der Waals surface area contributed by atoms with E-state index in [-0.39, 0.29) is 0 Å². The lowest BCUT2D eigenvalue weighted by Crippen LogP contribution is -2.44. The number of nitrogens with one attached hydrogen (secondary N) is 1. The van der Waals surface area contributed by atoms with Crippen LogP contribution in [-0.4, -0.2) is 24.6 Å². The van der Waals surface area contributed by atoms with Gasteiger partial charge in [0.25, 0.3) is 0 Å². The standard InChI is InChI=1S/C13H15NO4/c1-13(2)8-17-12(16)10(13)14-18-11(15)9-6-4-3-5-7-9/h3-7,10,14H,8H2,1-2H3. The zero-order chi connectivity index (χ0) is 13.2. The molecule has 18 heavy (non-hydrogen) atoms. The van der Waals surface area contributed by atoms with E-state index in [0.717, 1.165) is 0 Å². The summed E-state index contributed by atoms with van der Waals surface area (Å²) >= 11 is 0. The lowest BCUT2D eigenvalue weighted by molar-refractivity contribution is -0.141. The molecule has 1 aliphatic rings. The van der Waals surface area contributed by atoms with Crippen molar-refractivity contribution in [1.82, 2.24) is 5.48 Å². The Morgan fingerprint density at radius 2 is 2.06 bits per heavy atom. The Morgan fingerprint density at radius 1 is 1.39 bits per heavy atom. The predicted octanol–water partition coefficient (Wildman–Crippen LogP) is 1.30. The molecule has 0 saturated carbocycles. The van der Waals surface area contributed by atoms with E-state index < -0.39 is 23.4 Å². The third-order valence-corrected chi connectivity index (χ3v) is 2.88. The first-order valence-corrected chi connectivity index (χ1v) is 5.69. The largest absolute Gasteiger partial charge is 0.464 e. The molecule has 1 N–H and O–H groups in total. The summed E-state index contributed by atoms with van der Waals surface area (Å²) in [6, 6.07) is 7.94. The summed E-state index contributed by atoms with van der Waals surface area (Å²) in [7, 11) is 0. The highest BCUT2D eigenvalue weighted by molar-refractivity contribution is 5.89. The maximum Gasteiger partial charge on any atom is 0.356 e. The molecule has 2 rings (SSSR count). The second kappa shape index (κ2) is 4.78. The van der Waals surface area contributed by atoms with E-state index in [9.17, 15) is 9.59 Å². The summed E-state index contributed by atoms with van der Waals surface area (Å²) in [5.74, 6) is -0.924. The van der Waals surface area contributed by atoms with E-state index in [2.05, 4.69) is 5.48 Å². The third kappa shape index (κ3) is 2.51. The zero-order valence-electron chi connectivity index (χ0n) is 10.3. The molecule has 1 atom stereocenters. The molecule has 1 unspecified atom stereocenters. The van der Waals surface area contributed by atoms with Crippen LogP contribution in [0.4, 0.5) is 0 Å². The smallest absolute Gasteiger partial charge is 0.356 e. The molecule has 0 bridgehead atoms. The first kappa shape index (κ1) is 12.6. The maximum atomic E-state index is 11.7. The van der Waals surface area contributed by atoms with Crippen molar-refractivity contribution >= 4 is 11.9 Å². The fraction of sp³-hybridized carbons (Fsp3) is 0.385. The highest BCUT2D eigenvalue weighted by atomic mass is 16.7. The van der Waals surface area contributed by atoms with Gasteiger partial charge < -0.3 is 9.57 Å². The SMILES string of the molecule is CC1(C)COC(=O)C1NOC(=O)c1ccccc1. The minimum absolute atomic E-state index is 0.312. The number of rotatable bonds is 3. The van der Waals surface area contributed by atoms with Gasteiger partial charge in [-0.05, 0) is 12.1 Å². The Bertz CT molecular complexity index is 455. The van der Waals surface area contributed by atoms with Crippen molar-refractivity contribution in [2.24, 2.45) is 5.41 Å². The number of cyclic esters (lactones) is 1. The predicted molar refractivity (Wildman–Crippen MR) is 63.5 cm³/mol. The van der Waals surface area contributed by atoms with Crippen LogP contribution in [-0.2, 0) is 14.4 Å². The molecular formula is C13H15NO4. The Morgan fingerprint density at radius 3 is 2.61 bits per heavy atom. The van der Waals surface area contributed by atoms with Gasteiger partial charge >= 0.3 is 11.9 Å². The van der Waals surface area contributed by atoms with Gasteiger partial charge in [0.1, 0.15) is 6.04 Å². The van der Waals surface area contributed by atoms with Crippen LogP contribution in [0.1, 0.15) is 24.2 Å². The lowest BCUT2D eigenvalue weighted by Gasteiger charge is -2.21. The topological polar surface area (TPSA) is 64.6 Å². The first-order valence-electron chi connectivity index (χ1n) is 5.69. The summed E-state index contributed by atoms with van der Waals surface area (Å²) in [5.41, 5.74) is 2.53. The average molecular weight is 249 g/mol. The van der Waals surface area contributed by atoms with Gasteiger partial charge in [-0.2, -0.15) is 0 Å². The second-order valence-electron chi connectivity index (χ2n) is 4.90. The van der Waals surface area contributed by atoms with E-state index in [1.807, 2.05) is 19.9 Å². The van der Waals surface area contributed by atoms with Gasteiger partial charge in [0.2, 0.25) is 0 Å². The van der Waals surface area contributed by atoms with Crippen LogP contribution < -0.4 is 5.48 Å². The van der Waals surface area contributed by atoms with Gasteiger partial charge in [0.05, 0.1) is 12.2 Å². The molecule has 1 saturated heterocycles. The highest BCUT2D eigenvalue weighted by Gasteiger charge is 2.44. The van der Waals surface area contributed by atoms with Gasteiger partial charge in [-0.15, -0.1) is 5.48 Å². The van der Waals surface area contributed by atoms with Crippen LogP contribution >= 0.6 is 0 Å². The van der Waals surface area contributed by atoms with Gasteiger partial charge in [-0.1, -0.05) is 32.0 Å². The Labute approximate surface area is 105 Å². The van der Waals surface area contributed by atoms with E-state index >= 15 is 0 Å². The number of ether oxygens (including phenoxy) is 1. The number of benzene rings is 1. The number of carbonyl (C=O) groups excluding carboxylic acids is 2. The van der Waals surface area contributed by atoms with Crippen molar-refractivity contribution in [3.63, 3.8) is 0 Å². The number of hydrogen-bond acceptors (Lipinski definition) is 5. The number of hydrogen-bond donors (Lipinski definition) is 1.